The highest BCUT2D eigenvalue weighted by molar-refractivity contribution is 6.19. The van der Waals surface area contributed by atoms with Crippen molar-refractivity contribution in [3.05, 3.63) is 53.6 Å². The Hall–Kier alpha value is -4.35. The van der Waals surface area contributed by atoms with Crippen LogP contribution < -0.4 is 19.1 Å². The molecule has 2 saturated heterocycles. The third kappa shape index (κ3) is 7.23. The van der Waals surface area contributed by atoms with Crippen LogP contribution in [0.5, 0.6) is 17.2 Å². The molecule has 0 radical (unpaired) electrons. The summed E-state index contributed by atoms with van der Waals surface area (Å²) in [7, 11) is 3.62. The minimum atomic E-state index is -0.374. The number of benzene rings is 3. The fourth-order valence-electron chi connectivity index (χ4n) is 7.66. The van der Waals surface area contributed by atoms with Crippen LogP contribution in [0.1, 0.15) is 66.8 Å². The molecule has 0 saturated carbocycles. The van der Waals surface area contributed by atoms with E-state index in [2.05, 4.69) is 9.89 Å². The van der Waals surface area contributed by atoms with Crippen molar-refractivity contribution >= 4 is 57.9 Å². The first kappa shape index (κ1) is 35.1. The zero-order chi connectivity index (χ0) is 35.5. The molecule has 0 N–H and O–H groups in total. The molecule has 7 rings (SSSR count). The number of halogens is 1. The van der Waals surface area contributed by atoms with Gasteiger partial charge in [0.25, 0.3) is 5.91 Å². The van der Waals surface area contributed by atoms with Crippen molar-refractivity contribution in [2.75, 3.05) is 70.8 Å². The monoisotopic (exact) mass is 715 g/mol. The molecule has 0 aromatic heterocycles. The van der Waals surface area contributed by atoms with Gasteiger partial charge in [-0.15, -0.1) is 11.6 Å². The Morgan fingerprint density at radius 3 is 2.53 bits per heavy atom. The third-order valence-electron chi connectivity index (χ3n) is 10.6. The first-order chi connectivity index (χ1) is 24.9. The van der Waals surface area contributed by atoms with E-state index in [0.29, 0.717) is 73.5 Å². The number of alkyl halides is 1. The number of hydrogen-bond donors (Lipinski definition) is 0. The van der Waals surface area contributed by atoms with E-state index in [9.17, 15) is 14.4 Å². The Kier molecular flexibility index (Phi) is 10.7. The van der Waals surface area contributed by atoms with Crippen LogP contribution in [-0.2, 0) is 4.79 Å². The lowest BCUT2D eigenvalue weighted by Gasteiger charge is -2.32. The molecular weight excluding hydrogens is 670 g/mol. The number of carbonyl (C=O) groups excluding carboxylic acids is 3. The number of anilines is 1. The van der Waals surface area contributed by atoms with Gasteiger partial charge in [-0.05, 0) is 62.6 Å². The lowest BCUT2D eigenvalue weighted by molar-refractivity contribution is -0.118. The second kappa shape index (κ2) is 15.5. The van der Waals surface area contributed by atoms with Crippen molar-refractivity contribution in [1.29, 1.82) is 0 Å². The fraction of sp³-hybridized carbons (Fsp3) is 0.487. The highest BCUT2D eigenvalue weighted by Gasteiger charge is 2.35. The molecule has 0 aliphatic carbocycles. The molecule has 51 heavy (non-hydrogen) atoms. The van der Waals surface area contributed by atoms with Crippen molar-refractivity contribution in [2.24, 2.45) is 4.99 Å². The summed E-state index contributed by atoms with van der Waals surface area (Å²) in [6, 6.07) is 13.3. The number of carbonyl (C=O) groups is 3. The summed E-state index contributed by atoms with van der Waals surface area (Å²) in [6.07, 6.45) is 7.11. The van der Waals surface area contributed by atoms with E-state index in [1.54, 1.807) is 24.1 Å². The van der Waals surface area contributed by atoms with E-state index in [0.717, 1.165) is 73.8 Å². The van der Waals surface area contributed by atoms with Gasteiger partial charge in [0.15, 0.2) is 11.5 Å². The number of fused-ring (bicyclic) bond motifs is 5. The molecule has 2 fully saturated rings. The number of likely N-dealkylation sites (N-methyl/N-ethyl adjacent to an activating group) is 1. The number of rotatable bonds is 10. The number of nitrogens with zero attached hydrogens (tertiary/aromatic N) is 5. The summed E-state index contributed by atoms with van der Waals surface area (Å²) in [4.78, 5) is 52.5. The van der Waals surface area contributed by atoms with Gasteiger partial charge in [-0.2, -0.15) is 0 Å². The van der Waals surface area contributed by atoms with Gasteiger partial charge in [-0.1, -0.05) is 24.3 Å². The topological polar surface area (TPSA) is 104 Å². The minimum absolute atomic E-state index is 0.0164. The fourth-order valence-corrected chi connectivity index (χ4v) is 7.92. The van der Waals surface area contributed by atoms with E-state index < -0.39 is 0 Å². The van der Waals surface area contributed by atoms with Gasteiger partial charge >= 0.3 is 6.09 Å². The number of piperidine rings is 1. The Bertz CT molecular complexity index is 1830. The van der Waals surface area contributed by atoms with Gasteiger partial charge in [0.1, 0.15) is 5.75 Å². The lowest BCUT2D eigenvalue weighted by Crippen LogP contribution is -2.48. The Balaban J connectivity index is 0.978. The van der Waals surface area contributed by atoms with Crippen LogP contribution in [-0.4, -0.2) is 111 Å². The number of hydrogen-bond acceptors (Lipinski definition) is 8. The largest absolute Gasteiger partial charge is 0.493 e. The van der Waals surface area contributed by atoms with Gasteiger partial charge in [-0.25, -0.2) is 4.79 Å². The summed E-state index contributed by atoms with van der Waals surface area (Å²) >= 11 is 6.48. The zero-order valence-corrected chi connectivity index (χ0v) is 30.2. The molecule has 0 bridgehead atoms. The van der Waals surface area contributed by atoms with E-state index in [-0.39, 0.29) is 29.9 Å². The molecule has 12 heteroatoms. The molecule has 2 atom stereocenters. The third-order valence-corrected chi connectivity index (χ3v) is 10.9. The number of ether oxygens (including phenoxy) is 3. The molecule has 0 unspecified atom stereocenters. The molecule has 4 aliphatic rings. The molecule has 3 aromatic rings. The lowest BCUT2D eigenvalue weighted by atomic mass is 9.95. The van der Waals surface area contributed by atoms with Gasteiger partial charge in [0, 0.05) is 81.2 Å². The predicted octanol–water partition coefficient (Wildman–Crippen LogP) is 6.61. The molecule has 3 aromatic carbocycles. The molecule has 4 heterocycles. The van der Waals surface area contributed by atoms with Crippen molar-refractivity contribution in [1.82, 2.24) is 14.7 Å². The van der Waals surface area contributed by atoms with Crippen LogP contribution in [0.2, 0.25) is 0 Å². The second-order valence-electron chi connectivity index (χ2n) is 13.9. The van der Waals surface area contributed by atoms with Crippen LogP contribution in [0.4, 0.5) is 16.2 Å². The second-order valence-corrected chi connectivity index (χ2v) is 14.2. The van der Waals surface area contributed by atoms with Gasteiger partial charge < -0.3 is 33.8 Å². The summed E-state index contributed by atoms with van der Waals surface area (Å²) in [6.45, 7) is 4.47. The number of unbranched alkanes of at least 4 members (excludes halogenated alkanes) is 2. The van der Waals surface area contributed by atoms with Crippen molar-refractivity contribution < 1.29 is 28.6 Å². The predicted molar refractivity (Wildman–Crippen MR) is 199 cm³/mol. The molecule has 0 spiro atoms. The van der Waals surface area contributed by atoms with Crippen molar-refractivity contribution in [2.45, 2.75) is 56.9 Å². The van der Waals surface area contributed by atoms with Gasteiger partial charge in [0.05, 0.1) is 36.7 Å². The van der Waals surface area contributed by atoms with E-state index >= 15 is 0 Å². The summed E-state index contributed by atoms with van der Waals surface area (Å²) < 4.78 is 17.7. The van der Waals surface area contributed by atoms with Gasteiger partial charge in [0.2, 0.25) is 5.91 Å². The summed E-state index contributed by atoms with van der Waals surface area (Å²) in [5, 5.41) is 1.79. The number of amides is 3. The summed E-state index contributed by atoms with van der Waals surface area (Å²) in [5.74, 6) is 1.86. The highest BCUT2D eigenvalue weighted by Crippen LogP contribution is 2.46. The number of methoxy groups -OCH3 is 1. The number of piperazine rings is 1. The Morgan fingerprint density at radius 1 is 0.941 bits per heavy atom. The maximum atomic E-state index is 13.7. The first-order valence-electron chi connectivity index (χ1n) is 18.1. The quantitative estimate of drug-likeness (QED) is 0.172. The average molecular weight is 716 g/mol. The normalized spacial score (nSPS) is 20.1. The highest BCUT2D eigenvalue weighted by atomic mass is 35.5. The standard InChI is InChI=1S/C39H46ClN5O6/c1-42-15-17-43(18-16-42)39(48)51-33-22-32-37(29-12-6-5-11-28(29)33)26(23-40)25-45(32)36(46)13-4-3-9-19-50-35-21-31-30(20-34(35)49-2)38(47)44-14-8-7-10-27(44)24-41-31/h5-6,11-12,20-22,24,26-27H,3-4,7-10,13-19,23,25H2,1-2H3/t26-,27+/m1/s1. The van der Waals surface area contributed by atoms with Crippen molar-refractivity contribution in [3.8, 4) is 17.2 Å². The molecule has 270 valence electrons. The van der Waals surface area contributed by atoms with Crippen LogP contribution in [0.15, 0.2) is 47.5 Å². The van der Waals surface area contributed by atoms with Crippen molar-refractivity contribution in [3.63, 3.8) is 0 Å². The SMILES string of the molecule is COc1cc2c(cc1OCCCCCC(=O)N1C[C@@H](CCl)c3c1cc(OC(=O)N1CCN(C)CC1)c1ccccc31)N=C[C@@H]1CCCCN1C2=O. The number of aliphatic imine (C=N–C) groups is 1. The van der Waals surface area contributed by atoms with E-state index in [4.69, 9.17) is 25.8 Å². The molecular formula is C39H46ClN5O6. The van der Waals surface area contributed by atoms with E-state index in [1.807, 2.05) is 53.4 Å². The molecule has 11 nitrogen and oxygen atoms in total. The van der Waals surface area contributed by atoms with Crippen LogP contribution in [0, 0.1) is 0 Å². The summed E-state index contributed by atoms with van der Waals surface area (Å²) in [5.41, 5.74) is 2.92. The maximum Gasteiger partial charge on any atom is 0.415 e. The maximum absolute atomic E-state index is 13.7. The molecule has 4 aliphatic heterocycles. The Morgan fingerprint density at radius 2 is 1.75 bits per heavy atom. The van der Waals surface area contributed by atoms with Crippen LogP contribution in [0.3, 0.4) is 0 Å². The van der Waals surface area contributed by atoms with Gasteiger partial charge in [-0.3, -0.25) is 14.6 Å². The average Bonchev–Trinajstić information content (AvgIpc) is 3.47. The first-order valence-corrected chi connectivity index (χ1v) is 18.7. The molecule has 3 amide bonds. The van der Waals surface area contributed by atoms with Crippen LogP contribution in [0.25, 0.3) is 10.8 Å². The minimum Gasteiger partial charge on any atom is -0.493 e. The van der Waals surface area contributed by atoms with E-state index in [1.165, 1.54) is 0 Å². The van der Waals surface area contributed by atoms with Crippen LogP contribution >= 0.6 is 11.6 Å². The Labute approximate surface area is 304 Å². The smallest absolute Gasteiger partial charge is 0.415 e. The zero-order valence-electron chi connectivity index (χ0n) is 29.4.